The van der Waals surface area contributed by atoms with Gasteiger partial charge in [0.15, 0.2) is 0 Å². The summed E-state index contributed by atoms with van der Waals surface area (Å²) in [6.45, 7) is 0. The lowest BCUT2D eigenvalue weighted by Crippen LogP contribution is -2.05. The molecule has 0 amide bonds. The van der Waals surface area contributed by atoms with E-state index in [1.165, 1.54) is 12.1 Å². The maximum atomic E-state index is 12.5. The summed E-state index contributed by atoms with van der Waals surface area (Å²) in [5.41, 5.74) is -0.699. The Kier molecular flexibility index (Phi) is 1.95. The highest BCUT2D eigenvalue weighted by molar-refractivity contribution is 5.85. The summed E-state index contributed by atoms with van der Waals surface area (Å²) in [5, 5.41) is 0.779. The number of halogens is 3. The number of alkyl halides is 3. The second-order valence-corrected chi connectivity index (χ2v) is 2.94. The van der Waals surface area contributed by atoms with Crippen LogP contribution in [0.5, 0.6) is 0 Å². The summed E-state index contributed by atoms with van der Waals surface area (Å²) in [6, 6.07) is 11.5. The van der Waals surface area contributed by atoms with Crippen molar-refractivity contribution in [3.8, 4) is 0 Å². The molecule has 3 heteroatoms. The molecular weight excluding hydrogens is 189 g/mol. The molecule has 1 radical (unpaired) electrons. The van der Waals surface area contributed by atoms with Crippen LogP contribution in [-0.4, -0.2) is 0 Å². The maximum absolute atomic E-state index is 12.5. The van der Waals surface area contributed by atoms with E-state index in [1.807, 2.05) is 0 Å². The lowest BCUT2D eigenvalue weighted by atomic mass is 10.0. The lowest BCUT2D eigenvalue weighted by Gasteiger charge is -2.08. The van der Waals surface area contributed by atoms with Crippen LogP contribution in [0.1, 0.15) is 5.56 Å². The Morgan fingerprint density at radius 3 is 2.43 bits per heavy atom. The molecule has 0 aliphatic rings. The summed E-state index contributed by atoms with van der Waals surface area (Å²) >= 11 is 0. The minimum atomic E-state index is -4.33. The molecule has 2 rings (SSSR count). The minimum Gasteiger partial charge on any atom is -0.166 e. The van der Waals surface area contributed by atoms with Gasteiger partial charge in [-0.05, 0) is 16.8 Å². The number of benzene rings is 2. The highest BCUT2D eigenvalue weighted by Gasteiger charge is 2.32. The van der Waals surface area contributed by atoms with Crippen molar-refractivity contribution in [2.24, 2.45) is 0 Å². The van der Waals surface area contributed by atoms with Gasteiger partial charge < -0.3 is 0 Å². The number of rotatable bonds is 0. The zero-order chi connectivity index (χ0) is 10.2. The van der Waals surface area contributed by atoms with E-state index in [0.29, 0.717) is 5.39 Å². The lowest BCUT2D eigenvalue weighted by molar-refractivity contribution is -0.136. The van der Waals surface area contributed by atoms with Crippen LogP contribution in [0.3, 0.4) is 0 Å². The molecular formula is C11H6F3. The van der Waals surface area contributed by atoms with Crippen LogP contribution in [0.15, 0.2) is 36.4 Å². The summed E-state index contributed by atoms with van der Waals surface area (Å²) in [6.07, 6.45) is -4.33. The standard InChI is InChI=1S/C11H6F3/c12-11(13,14)10-7-3-5-8-4-1-2-6-9(8)10/h1-6H. The number of hydrogen-bond donors (Lipinski definition) is 0. The van der Waals surface area contributed by atoms with Gasteiger partial charge in [-0.1, -0.05) is 36.4 Å². The van der Waals surface area contributed by atoms with E-state index in [4.69, 9.17) is 0 Å². The first-order chi connectivity index (χ1) is 6.59. The largest absolute Gasteiger partial charge is 0.417 e. The molecule has 0 bridgehead atoms. The van der Waals surface area contributed by atoms with Gasteiger partial charge in [0.1, 0.15) is 0 Å². The number of fused-ring (bicyclic) bond motifs is 1. The van der Waals surface area contributed by atoms with Gasteiger partial charge in [0.25, 0.3) is 0 Å². The van der Waals surface area contributed by atoms with Crippen molar-refractivity contribution in [2.75, 3.05) is 0 Å². The molecule has 0 saturated heterocycles. The van der Waals surface area contributed by atoms with Crippen LogP contribution in [0, 0.1) is 6.07 Å². The maximum Gasteiger partial charge on any atom is 0.417 e. The first-order valence-electron chi connectivity index (χ1n) is 4.05. The van der Waals surface area contributed by atoms with Gasteiger partial charge in [-0.2, -0.15) is 13.2 Å². The van der Waals surface area contributed by atoms with Crippen molar-refractivity contribution in [2.45, 2.75) is 6.18 Å². The molecule has 71 valence electrons. The predicted molar refractivity (Wildman–Crippen MR) is 47.8 cm³/mol. The van der Waals surface area contributed by atoms with Gasteiger partial charge in [-0.15, -0.1) is 0 Å². The quantitative estimate of drug-likeness (QED) is 0.601. The fraction of sp³-hybridized carbons (Fsp3) is 0.0909. The van der Waals surface area contributed by atoms with E-state index in [1.54, 1.807) is 24.3 Å². The molecule has 0 atom stereocenters. The molecule has 0 unspecified atom stereocenters. The van der Waals surface area contributed by atoms with Crippen LogP contribution in [0.25, 0.3) is 10.8 Å². The average molecular weight is 195 g/mol. The summed E-state index contributed by atoms with van der Waals surface area (Å²) in [4.78, 5) is 0. The molecule has 0 spiro atoms. The topological polar surface area (TPSA) is 0 Å². The summed E-state index contributed by atoms with van der Waals surface area (Å²) in [7, 11) is 0. The third-order valence-electron chi connectivity index (χ3n) is 2.00. The van der Waals surface area contributed by atoms with Crippen molar-refractivity contribution < 1.29 is 13.2 Å². The first kappa shape index (κ1) is 9.06. The molecule has 0 heterocycles. The van der Waals surface area contributed by atoms with Gasteiger partial charge in [0, 0.05) is 0 Å². The summed E-state index contributed by atoms with van der Waals surface area (Å²) in [5.74, 6) is 0. The van der Waals surface area contributed by atoms with Crippen LogP contribution in [-0.2, 0) is 6.18 Å². The monoisotopic (exact) mass is 195 g/mol. The molecule has 0 fully saturated rings. The Bertz CT molecular complexity index is 452. The SMILES string of the molecule is FC(F)(F)c1[c]ccc2ccccc12. The van der Waals surface area contributed by atoms with Crippen LogP contribution < -0.4 is 0 Å². The van der Waals surface area contributed by atoms with Crippen molar-refractivity contribution in [1.82, 2.24) is 0 Å². The van der Waals surface area contributed by atoms with Crippen LogP contribution in [0.4, 0.5) is 13.2 Å². The highest BCUT2D eigenvalue weighted by Crippen LogP contribution is 2.33. The Morgan fingerprint density at radius 2 is 1.71 bits per heavy atom. The van der Waals surface area contributed by atoms with Crippen molar-refractivity contribution in [3.63, 3.8) is 0 Å². The van der Waals surface area contributed by atoms with Gasteiger partial charge >= 0.3 is 6.18 Å². The zero-order valence-corrected chi connectivity index (χ0v) is 7.10. The second-order valence-electron chi connectivity index (χ2n) is 2.94. The third-order valence-corrected chi connectivity index (χ3v) is 2.00. The van der Waals surface area contributed by atoms with Crippen molar-refractivity contribution in [1.29, 1.82) is 0 Å². The van der Waals surface area contributed by atoms with Crippen LogP contribution >= 0.6 is 0 Å². The molecule has 0 saturated carbocycles. The van der Waals surface area contributed by atoms with Gasteiger partial charge in [0.05, 0.1) is 5.56 Å². The zero-order valence-electron chi connectivity index (χ0n) is 7.10. The normalized spacial score (nSPS) is 11.9. The fourth-order valence-electron chi connectivity index (χ4n) is 1.40. The summed E-state index contributed by atoms with van der Waals surface area (Å²) < 4.78 is 37.5. The molecule has 0 N–H and O–H groups in total. The van der Waals surface area contributed by atoms with E-state index < -0.39 is 11.7 Å². The highest BCUT2D eigenvalue weighted by atomic mass is 19.4. The van der Waals surface area contributed by atoms with Crippen LogP contribution in [0.2, 0.25) is 0 Å². The van der Waals surface area contributed by atoms with Gasteiger partial charge in [-0.25, -0.2) is 0 Å². The van der Waals surface area contributed by atoms with Gasteiger partial charge in [-0.3, -0.25) is 0 Å². The fourth-order valence-corrected chi connectivity index (χ4v) is 1.40. The molecule has 2 aromatic rings. The Hall–Kier alpha value is -1.51. The average Bonchev–Trinajstić information content (AvgIpc) is 2.15. The van der Waals surface area contributed by atoms with Gasteiger partial charge in [0.2, 0.25) is 0 Å². The molecule has 0 aromatic heterocycles. The first-order valence-corrected chi connectivity index (χ1v) is 4.05. The van der Waals surface area contributed by atoms with E-state index in [0.717, 1.165) is 0 Å². The Labute approximate surface area is 79.0 Å². The molecule has 0 aliphatic carbocycles. The Balaban J connectivity index is 2.78. The molecule has 14 heavy (non-hydrogen) atoms. The van der Waals surface area contributed by atoms with Crippen molar-refractivity contribution in [3.05, 3.63) is 48.0 Å². The van der Waals surface area contributed by atoms with E-state index in [9.17, 15) is 13.2 Å². The Morgan fingerprint density at radius 1 is 1.00 bits per heavy atom. The molecule has 2 aromatic carbocycles. The minimum absolute atomic E-state index is 0.197. The number of hydrogen-bond acceptors (Lipinski definition) is 0. The van der Waals surface area contributed by atoms with Crippen molar-refractivity contribution >= 4 is 10.8 Å². The van der Waals surface area contributed by atoms with E-state index in [-0.39, 0.29) is 5.39 Å². The van der Waals surface area contributed by atoms with E-state index in [2.05, 4.69) is 6.07 Å². The molecule has 0 aliphatic heterocycles. The second kappa shape index (κ2) is 3.01. The molecule has 0 nitrogen and oxygen atoms in total. The smallest absolute Gasteiger partial charge is 0.166 e. The van der Waals surface area contributed by atoms with E-state index >= 15 is 0 Å². The predicted octanol–water partition coefficient (Wildman–Crippen LogP) is 3.66. The third kappa shape index (κ3) is 1.45.